The summed E-state index contributed by atoms with van der Waals surface area (Å²) in [5.41, 5.74) is -1.25. The summed E-state index contributed by atoms with van der Waals surface area (Å²) in [5.74, 6) is 0.397. The Kier molecular flexibility index (Phi) is 6.00. The normalized spacial score (nSPS) is 29.5. The second-order valence-corrected chi connectivity index (χ2v) is 7.99. The number of piperidine rings is 2. The van der Waals surface area contributed by atoms with E-state index in [2.05, 4.69) is 4.90 Å². The predicted octanol–water partition coefficient (Wildman–Crippen LogP) is 1.42. The third-order valence-electron chi connectivity index (χ3n) is 6.10. The van der Waals surface area contributed by atoms with Gasteiger partial charge in [-0.25, -0.2) is 0 Å². The Morgan fingerprint density at radius 1 is 1.20 bits per heavy atom. The van der Waals surface area contributed by atoms with E-state index in [1.54, 1.807) is 0 Å². The number of carbonyl (C=O) groups is 2. The summed E-state index contributed by atoms with van der Waals surface area (Å²) < 4.78 is 5.10. The molecule has 1 aliphatic carbocycles. The van der Waals surface area contributed by atoms with Crippen molar-refractivity contribution in [2.24, 2.45) is 11.8 Å². The van der Waals surface area contributed by atoms with E-state index in [4.69, 9.17) is 4.74 Å². The van der Waals surface area contributed by atoms with Gasteiger partial charge in [0.2, 0.25) is 0 Å². The highest BCUT2D eigenvalue weighted by Crippen LogP contribution is 2.31. The van der Waals surface area contributed by atoms with Crippen molar-refractivity contribution in [3.63, 3.8) is 0 Å². The molecule has 2 saturated heterocycles. The first-order valence-electron chi connectivity index (χ1n) is 9.92. The number of likely N-dealkylation sites (tertiary alicyclic amines) is 2. The minimum Gasteiger partial charge on any atom is -0.466 e. The van der Waals surface area contributed by atoms with Crippen molar-refractivity contribution in [2.75, 3.05) is 39.3 Å². The number of amides is 1. The Morgan fingerprint density at radius 2 is 1.92 bits per heavy atom. The maximum Gasteiger partial charge on any atom is 0.309 e. The summed E-state index contributed by atoms with van der Waals surface area (Å²) in [4.78, 5) is 28.7. The highest BCUT2D eigenvalue weighted by Gasteiger charge is 2.44. The molecule has 0 radical (unpaired) electrons. The second kappa shape index (κ2) is 8.04. The van der Waals surface area contributed by atoms with Crippen LogP contribution in [0.15, 0.2) is 0 Å². The average molecular weight is 352 g/mol. The first-order chi connectivity index (χ1) is 12.0. The lowest BCUT2D eigenvalue weighted by atomic mass is 9.83. The fraction of sp³-hybridized carbons (Fsp3) is 0.895. The molecule has 0 aromatic rings. The Hall–Kier alpha value is -1.14. The van der Waals surface area contributed by atoms with Crippen LogP contribution in [-0.4, -0.2) is 71.7 Å². The quantitative estimate of drug-likeness (QED) is 0.732. The van der Waals surface area contributed by atoms with Crippen molar-refractivity contribution in [3.05, 3.63) is 0 Å². The molecule has 2 aliphatic heterocycles. The Morgan fingerprint density at radius 3 is 2.52 bits per heavy atom. The van der Waals surface area contributed by atoms with Crippen LogP contribution in [0.25, 0.3) is 0 Å². The fourth-order valence-electron chi connectivity index (χ4n) is 4.33. The van der Waals surface area contributed by atoms with Crippen LogP contribution in [0.4, 0.5) is 0 Å². The molecule has 6 heteroatoms. The van der Waals surface area contributed by atoms with Gasteiger partial charge >= 0.3 is 5.97 Å². The summed E-state index contributed by atoms with van der Waals surface area (Å²) in [7, 11) is 0. The molecule has 3 rings (SSSR count). The van der Waals surface area contributed by atoms with Gasteiger partial charge in [0.05, 0.1) is 12.5 Å². The molecule has 25 heavy (non-hydrogen) atoms. The zero-order chi connectivity index (χ0) is 17.9. The summed E-state index contributed by atoms with van der Waals surface area (Å²) >= 11 is 0. The summed E-state index contributed by atoms with van der Waals surface area (Å²) in [5, 5.41) is 11.0. The van der Waals surface area contributed by atoms with Crippen LogP contribution in [0, 0.1) is 11.8 Å². The van der Waals surface area contributed by atoms with E-state index in [0.717, 1.165) is 45.4 Å². The second-order valence-electron chi connectivity index (χ2n) is 7.99. The van der Waals surface area contributed by atoms with Gasteiger partial charge in [-0.2, -0.15) is 0 Å². The van der Waals surface area contributed by atoms with Crippen molar-refractivity contribution in [2.45, 2.75) is 57.5 Å². The van der Waals surface area contributed by atoms with E-state index in [1.807, 2.05) is 11.8 Å². The smallest absolute Gasteiger partial charge is 0.309 e. The van der Waals surface area contributed by atoms with E-state index in [-0.39, 0.29) is 17.8 Å². The number of hydrogen-bond donors (Lipinski definition) is 1. The van der Waals surface area contributed by atoms with E-state index in [0.29, 0.717) is 25.5 Å². The van der Waals surface area contributed by atoms with Crippen molar-refractivity contribution in [1.29, 1.82) is 0 Å². The van der Waals surface area contributed by atoms with Gasteiger partial charge < -0.3 is 14.7 Å². The minimum atomic E-state index is -1.25. The van der Waals surface area contributed by atoms with Gasteiger partial charge in [-0.15, -0.1) is 0 Å². The number of carbonyl (C=O) groups excluding carboxylic acids is 2. The Labute approximate surface area is 150 Å². The number of rotatable bonds is 6. The van der Waals surface area contributed by atoms with Crippen LogP contribution in [0.2, 0.25) is 0 Å². The molecule has 3 aliphatic rings. The summed E-state index contributed by atoms with van der Waals surface area (Å²) in [6.45, 7) is 5.71. The van der Waals surface area contributed by atoms with Crippen LogP contribution in [0.5, 0.6) is 0 Å². The van der Waals surface area contributed by atoms with Crippen molar-refractivity contribution < 1.29 is 19.4 Å². The molecule has 142 valence electrons. The zero-order valence-corrected chi connectivity index (χ0v) is 15.4. The summed E-state index contributed by atoms with van der Waals surface area (Å²) in [6.07, 6.45) is 6.60. The molecule has 1 saturated carbocycles. The standard InChI is InChI=1S/C19H32N2O4/c1-2-25-17(22)16-7-11-20(12-8-16)14-19(24)9-4-10-21(18(19)23)13-15-5-3-6-15/h15-16,24H,2-14H2,1H3/t19-/m1/s1. The number of aliphatic hydroxyl groups is 1. The minimum absolute atomic E-state index is 0.0389. The zero-order valence-electron chi connectivity index (χ0n) is 15.4. The van der Waals surface area contributed by atoms with E-state index in [1.165, 1.54) is 19.3 Å². The summed E-state index contributed by atoms with van der Waals surface area (Å²) in [6, 6.07) is 0. The van der Waals surface area contributed by atoms with Gasteiger partial charge in [0, 0.05) is 19.6 Å². The number of ether oxygens (including phenoxy) is 1. The van der Waals surface area contributed by atoms with Gasteiger partial charge in [-0.1, -0.05) is 6.42 Å². The van der Waals surface area contributed by atoms with Crippen LogP contribution in [0.1, 0.15) is 51.9 Å². The molecule has 0 spiro atoms. The molecule has 0 bridgehead atoms. The molecule has 1 amide bonds. The van der Waals surface area contributed by atoms with Crippen molar-refractivity contribution in [1.82, 2.24) is 9.80 Å². The van der Waals surface area contributed by atoms with E-state index < -0.39 is 5.60 Å². The monoisotopic (exact) mass is 352 g/mol. The van der Waals surface area contributed by atoms with Crippen molar-refractivity contribution >= 4 is 11.9 Å². The van der Waals surface area contributed by atoms with E-state index in [9.17, 15) is 14.7 Å². The van der Waals surface area contributed by atoms with Gasteiger partial charge in [0.15, 0.2) is 5.60 Å². The number of nitrogens with zero attached hydrogens (tertiary/aromatic N) is 2. The van der Waals surface area contributed by atoms with Crippen LogP contribution < -0.4 is 0 Å². The molecular formula is C19H32N2O4. The lowest BCUT2D eigenvalue weighted by Crippen LogP contribution is -2.60. The van der Waals surface area contributed by atoms with Gasteiger partial charge in [-0.05, 0) is 64.5 Å². The largest absolute Gasteiger partial charge is 0.466 e. The van der Waals surface area contributed by atoms with Crippen LogP contribution >= 0.6 is 0 Å². The van der Waals surface area contributed by atoms with Crippen LogP contribution in [-0.2, 0) is 14.3 Å². The molecule has 0 unspecified atom stereocenters. The van der Waals surface area contributed by atoms with Gasteiger partial charge in [0.1, 0.15) is 0 Å². The van der Waals surface area contributed by atoms with E-state index >= 15 is 0 Å². The third kappa shape index (κ3) is 4.34. The molecule has 0 aromatic heterocycles. The van der Waals surface area contributed by atoms with Gasteiger partial charge in [0.25, 0.3) is 5.91 Å². The van der Waals surface area contributed by atoms with Gasteiger partial charge in [-0.3, -0.25) is 14.5 Å². The lowest BCUT2D eigenvalue weighted by molar-refractivity contribution is -0.162. The highest BCUT2D eigenvalue weighted by molar-refractivity contribution is 5.86. The van der Waals surface area contributed by atoms with Crippen molar-refractivity contribution in [3.8, 4) is 0 Å². The maximum absolute atomic E-state index is 12.8. The first-order valence-corrected chi connectivity index (χ1v) is 9.92. The third-order valence-corrected chi connectivity index (χ3v) is 6.10. The molecule has 2 heterocycles. The fourth-order valence-corrected chi connectivity index (χ4v) is 4.33. The first kappa shape index (κ1) is 18.6. The molecule has 1 N–H and O–H groups in total. The molecule has 0 aromatic carbocycles. The lowest BCUT2D eigenvalue weighted by Gasteiger charge is -2.43. The SMILES string of the molecule is CCOC(=O)C1CCN(C[C@]2(O)CCCN(CC3CCC3)C2=O)CC1. The van der Waals surface area contributed by atoms with Crippen LogP contribution in [0.3, 0.4) is 0 Å². The topological polar surface area (TPSA) is 70.1 Å². The maximum atomic E-state index is 12.8. The average Bonchev–Trinajstić information content (AvgIpc) is 2.55. The molecule has 6 nitrogen and oxygen atoms in total. The molecule has 3 fully saturated rings. The Bertz CT molecular complexity index is 486. The number of esters is 1. The molecular weight excluding hydrogens is 320 g/mol. The number of β-amino-alcohol motifs (C(OH)–C–C–N with tert-alkyl or cyclic N) is 1. The Balaban J connectivity index is 1.51. The highest BCUT2D eigenvalue weighted by atomic mass is 16.5. The predicted molar refractivity (Wildman–Crippen MR) is 93.9 cm³/mol. The number of hydrogen-bond acceptors (Lipinski definition) is 5. The molecule has 1 atom stereocenters.